The third kappa shape index (κ3) is 3.69. The van der Waals surface area contributed by atoms with E-state index < -0.39 is 16.8 Å². The van der Waals surface area contributed by atoms with Crippen LogP contribution in [0.4, 0.5) is 4.39 Å². The number of halogens is 1. The van der Waals surface area contributed by atoms with Gasteiger partial charge in [-0.1, -0.05) is 12.1 Å². The first-order valence-corrected chi connectivity index (χ1v) is 11.4. The van der Waals surface area contributed by atoms with Crippen molar-refractivity contribution in [2.75, 3.05) is 0 Å². The quantitative estimate of drug-likeness (QED) is 0.737. The maximum atomic E-state index is 14.2. The molecule has 1 atom stereocenters. The van der Waals surface area contributed by atoms with E-state index in [1.54, 1.807) is 6.07 Å². The van der Waals surface area contributed by atoms with Crippen LogP contribution in [0.1, 0.15) is 49.3 Å². The molecule has 1 heterocycles. The van der Waals surface area contributed by atoms with Crippen LogP contribution in [0.5, 0.6) is 0 Å². The van der Waals surface area contributed by atoms with Crippen LogP contribution in [0.2, 0.25) is 0 Å². The van der Waals surface area contributed by atoms with Crippen molar-refractivity contribution in [3.8, 4) is 17.2 Å². The summed E-state index contributed by atoms with van der Waals surface area (Å²) < 4.78 is 19.8. The van der Waals surface area contributed by atoms with E-state index in [0.29, 0.717) is 17.1 Å². The van der Waals surface area contributed by atoms with Gasteiger partial charge in [0.15, 0.2) is 5.66 Å². The van der Waals surface area contributed by atoms with Crippen LogP contribution in [0.3, 0.4) is 0 Å². The Labute approximate surface area is 202 Å². The van der Waals surface area contributed by atoms with E-state index in [-0.39, 0.29) is 17.1 Å². The number of nitrogens with two attached hydrogens (primary N) is 1. The molecule has 9 heteroatoms. The Morgan fingerprint density at radius 1 is 1.12 bits per heavy atom. The summed E-state index contributed by atoms with van der Waals surface area (Å²) in [6, 6.07) is 12.4. The van der Waals surface area contributed by atoms with Crippen molar-refractivity contribution >= 4 is 35.1 Å². The number of nitrogens with zero attached hydrogens (tertiary/aromatic N) is 3. The minimum atomic E-state index is -1.67. The molecule has 6 radical (unpaired) electrons. The molecule has 1 unspecified atom stereocenters. The van der Waals surface area contributed by atoms with E-state index in [9.17, 15) is 9.65 Å². The largest absolute Gasteiger partial charge is 0.400 e. The van der Waals surface area contributed by atoms with Gasteiger partial charge >= 0.3 is 0 Å². The molecule has 2 aromatic rings. The predicted molar refractivity (Wildman–Crippen MR) is 132 cm³/mol. The highest BCUT2D eigenvalue weighted by Crippen LogP contribution is 2.62. The summed E-state index contributed by atoms with van der Waals surface area (Å²) >= 11 is 0. The van der Waals surface area contributed by atoms with Crippen molar-refractivity contribution < 1.29 is 9.13 Å². The van der Waals surface area contributed by atoms with Crippen LogP contribution in [0.15, 0.2) is 46.4 Å². The summed E-state index contributed by atoms with van der Waals surface area (Å²) in [7, 11) is 17.0. The van der Waals surface area contributed by atoms with Crippen molar-refractivity contribution in [1.82, 2.24) is 0 Å². The number of ether oxygens (including phenoxy) is 1. The lowest BCUT2D eigenvalue weighted by atomic mass is 9.52. The van der Waals surface area contributed by atoms with Gasteiger partial charge in [0.2, 0.25) is 0 Å². The van der Waals surface area contributed by atoms with Gasteiger partial charge < -0.3 is 10.5 Å². The molecule has 1 fully saturated rings. The van der Waals surface area contributed by atoms with Crippen molar-refractivity contribution in [3.63, 3.8) is 0 Å². The molecule has 34 heavy (non-hydrogen) atoms. The van der Waals surface area contributed by atoms with Gasteiger partial charge in [-0.15, -0.1) is 0 Å². The van der Waals surface area contributed by atoms with E-state index in [1.165, 1.54) is 12.1 Å². The lowest BCUT2D eigenvalue weighted by Crippen LogP contribution is -2.46. The number of benzene rings is 2. The van der Waals surface area contributed by atoms with E-state index in [1.807, 2.05) is 25.1 Å². The molecule has 2 spiro atoms. The highest BCUT2D eigenvalue weighted by Gasteiger charge is 2.60. The minimum absolute atomic E-state index is 0.147. The zero-order chi connectivity index (χ0) is 24.3. The number of rotatable bonds is 3. The molecule has 1 saturated carbocycles. The van der Waals surface area contributed by atoms with Crippen LogP contribution < -0.4 is 5.73 Å². The van der Waals surface area contributed by atoms with Crippen LogP contribution in [0, 0.1) is 22.6 Å². The molecule has 0 aromatic heterocycles. The van der Waals surface area contributed by atoms with Gasteiger partial charge in [0.1, 0.15) is 11.7 Å². The number of fused-ring (bicyclic) bond motifs is 3. The maximum Gasteiger partial charge on any atom is 0.184 e. The zero-order valence-corrected chi connectivity index (χ0v) is 19.0. The number of amidine groups is 1. The Kier molecular flexibility index (Phi) is 5.29. The monoisotopic (exact) mass is 446 g/mol. The van der Waals surface area contributed by atoms with Gasteiger partial charge in [-0.05, 0) is 85.3 Å². The average Bonchev–Trinajstić information content (AvgIpc) is 3.21. The van der Waals surface area contributed by atoms with Crippen LogP contribution in [0.25, 0.3) is 11.1 Å². The highest BCUT2D eigenvalue weighted by molar-refractivity contribution is 6.58. The number of hydrogen-bond acceptors (Lipinski definition) is 5. The first-order chi connectivity index (χ1) is 16.0. The molecule has 2 N–H and O–H groups in total. The SMILES string of the molecule is [B]C([B])([B])OC1CCC2(CC1)Cc1ccc(-c3cc(F)cc(C#N)c3)cc1C21N=C(C)C(N)=N1. The molecule has 0 amide bonds. The van der Waals surface area contributed by atoms with Crippen LogP contribution in [-0.4, -0.2) is 46.5 Å². The third-order valence-electron chi connectivity index (χ3n) is 7.36. The molecule has 164 valence electrons. The smallest absolute Gasteiger partial charge is 0.184 e. The fraction of sp³-hybridized carbons (Fsp3) is 0.400. The van der Waals surface area contributed by atoms with Crippen LogP contribution >= 0.6 is 0 Å². The molecule has 1 aliphatic heterocycles. The summed E-state index contributed by atoms with van der Waals surface area (Å²) in [5.41, 5.74) is 9.64. The Hall–Kier alpha value is -2.85. The molecule has 5 rings (SSSR count). The number of hydrogen-bond donors (Lipinski definition) is 1. The Bertz CT molecular complexity index is 1250. The Balaban J connectivity index is 1.57. The van der Waals surface area contributed by atoms with Crippen LogP contribution in [-0.2, 0) is 16.8 Å². The molecular weight excluding hydrogens is 424 g/mol. The maximum absolute atomic E-state index is 14.2. The van der Waals surface area contributed by atoms with Gasteiger partial charge in [0, 0.05) is 11.0 Å². The van der Waals surface area contributed by atoms with E-state index in [0.717, 1.165) is 48.8 Å². The standard InChI is InChI=1S/C25H22B3FN4O/c1-14-22(31)33-24(32-14)21-11-16(18-8-15(13-30)9-19(29)10-18)2-3-17(21)12-23(24)6-4-20(5-7-23)34-25(26,27)28/h2-3,8-11,20H,4-7,12H2,1H3,(H2,31,33). The molecule has 5 nitrogen and oxygen atoms in total. The molecular formula is C25H22B3FN4O. The lowest BCUT2D eigenvalue weighted by Gasteiger charge is -2.46. The number of nitriles is 1. The van der Waals surface area contributed by atoms with Gasteiger partial charge in [-0.25, -0.2) is 9.38 Å². The lowest BCUT2D eigenvalue weighted by molar-refractivity contribution is -0.0271. The average molecular weight is 446 g/mol. The van der Waals surface area contributed by atoms with Gasteiger partial charge in [-0.3, -0.25) is 4.99 Å². The molecule has 3 aliphatic rings. The first-order valence-electron chi connectivity index (χ1n) is 11.4. The fourth-order valence-corrected chi connectivity index (χ4v) is 5.84. The summed E-state index contributed by atoms with van der Waals surface area (Å²) in [6.07, 6.45) is 3.64. The Morgan fingerprint density at radius 2 is 1.85 bits per heavy atom. The van der Waals surface area contributed by atoms with Crippen molar-refractivity contribution in [1.29, 1.82) is 5.26 Å². The molecule has 0 saturated heterocycles. The van der Waals surface area contributed by atoms with E-state index >= 15 is 0 Å². The molecule has 2 aliphatic carbocycles. The summed E-state index contributed by atoms with van der Waals surface area (Å²) in [6.45, 7) is 1.87. The van der Waals surface area contributed by atoms with Gasteiger partial charge in [-0.2, -0.15) is 5.26 Å². The van der Waals surface area contributed by atoms with E-state index in [4.69, 9.17) is 44.0 Å². The highest BCUT2D eigenvalue weighted by atomic mass is 19.1. The van der Waals surface area contributed by atoms with Crippen molar-refractivity contribution in [2.45, 2.75) is 56.1 Å². The van der Waals surface area contributed by atoms with Gasteiger partial charge in [0.25, 0.3) is 0 Å². The second-order valence-electron chi connectivity index (χ2n) is 9.71. The summed E-state index contributed by atoms with van der Waals surface area (Å²) in [5.74, 6) is -0.0229. The molecule has 0 bridgehead atoms. The topological polar surface area (TPSA) is 83.8 Å². The van der Waals surface area contributed by atoms with E-state index in [2.05, 4.69) is 6.07 Å². The normalized spacial score (nSPS) is 28.0. The first kappa shape index (κ1) is 22.9. The minimum Gasteiger partial charge on any atom is -0.400 e. The second kappa shape index (κ2) is 7.85. The van der Waals surface area contributed by atoms with Gasteiger partial charge in [0.05, 0.1) is 47.0 Å². The summed E-state index contributed by atoms with van der Waals surface area (Å²) in [5, 5.41) is 7.60. The summed E-state index contributed by atoms with van der Waals surface area (Å²) in [4.78, 5) is 10.0. The number of aliphatic imine (C=N–C) groups is 2. The fourth-order valence-electron chi connectivity index (χ4n) is 5.84. The second-order valence-corrected chi connectivity index (χ2v) is 9.71. The predicted octanol–water partition coefficient (Wildman–Crippen LogP) is 2.97. The third-order valence-corrected chi connectivity index (χ3v) is 7.36. The van der Waals surface area contributed by atoms with Crippen molar-refractivity contribution in [3.05, 3.63) is 58.9 Å². The van der Waals surface area contributed by atoms with Crippen molar-refractivity contribution in [2.24, 2.45) is 21.1 Å². The zero-order valence-electron chi connectivity index (χ0n) is 19.0. The Morgan fingerprint density at radius 3 is 2.47 bits per heavy atom. The molecule has 2 aromatic carbocycles.